The van der Waals surface area contributed by atoms with Crippen LogP contribution in [0.1, 0.15) is 21.6 Å². The van der Waals surface area contributed by atoms with E-state index in [-0.39, 0.29) is 17.0 Å². The first-order chi connectivity index (χ1) is 14.5. The minimum atomic E-state index is -0.366. The maximum Gasteiger partial charge on any atom is 0.268 e. The SMILES string of the molecule is Cc1ccn(-c2cccnc2)c(=O)c1C(=O)N(C)Cc1cc(-c2ccccc2)n[nH]1. The van der Waals surface area contributed by atoms with Gasteiger partial charge in [0, 0.05) is 25.0 Å². The molecule has 7 nitrogen and oxygen atoms in total. The molecule has 150 valence electrons. The van der Waals surface area contributed by atoms with E-state index in [0.717, 1.165) is 17.0 Å². The van der Waals surface area contributed by atoms with Crippen LogP contribution in [0.4, 0.5) is 0 Å². The lowest BCUT2D eigenvalue weighted by Gasteiger charge is -2.18. The van der Waals surface area contributed by atoms with Crippen molar-refractivity contribution in [3.63, 3.8) is 0 Å². The first-order valence-electron chi connectivity index (χ1n) is 9.52. The largest absolute Gasteiger partial charge is 0.336 e. The molecule has 7 heteroatoms. The van der Waals surface area contributed by atoms with Crippen molar-refractivity contribution in [1.29, 1.82) is 0 Å². The molecule has 0 atom stereocenters. The average Bonchev–Trinajstić information content (AvgIpc) is 3.23. The highest BCUT2D eigenvalue weighted by Gasteiger charge is 2.21. The Balaban J connectivity index is 1.59. The average molecular weight is 399 g/mol. The Hall–Kier alpha value is -4.00. The van der Waals surface area contributed by atoms with Gasteiger partial charge in [-0.1, -0.05) is 30.3 Å². The van der Waals surface area contributed by atoms with E-state index in [1.807, 2.05) is 36.4 Å². The summed E-state index contributed by atoms with van der Waals surface area (Å²) in [6, 6.07) is 17.0. The fraction of sp³-hybridized carbons (Fsp3) is 0.130. The number of amides is 1. The number of carbonyl (C=O) groups excluding carboxylic acids is 1. The van der Waals surface area contributed by atoms with Gasteiger partial charge in [0.05, 0.1) is 29.8 Å². The standard InChI is InChI=1S/C23H21N5O2/c1-16-10-12-28(19-9-6-11-24-14-19)23(30)21(16)22(29)27(2)15-18-13-20(26-25-18)17-7-4-3-5-8-17/h3-14H,15H2,1-2H3,(H,25,26). The van der Waals surface area contributed by atoms with Gasteiger partial charge in [0.1, 0.15) is 5.56 Å². The van der Waals surface area contributed by atoms with Gasteiger partial charge in [0.2, 0.25) is 0 Å². The Bertz CT molecular complexity index is 1230. The van der Waals surface area contributed by atoms with E-state index in [1.54, 1.807) is 50.8 Å². The molecule has 1 amide bonds. The molecule has 0 saturated heterocycles. The number of hydrogen-bond acceptors (Lipinski definition) is 4. The van der Waals surface area contributed by atoms with Crippen LogP contribution in [0.25, 0.3) is 16.9 Å². The Morgan fingerprint density at radius 3 is 2.67 bits per heavy atom. The van der Waals surface area contributed by atoms with Crippen molar-refractivity contribution in [2.24, 2.45) is 0 Å². The van der Waals surface area contributed by atoms with Gasteiger partial charge in [-0.05, 0) is 36.8 Å². The van der Waals surface area contributed by atoms with Gasteiger partial charge in [-0.2, -0.15) is 5.10 Å². The zero-order valence-corrected chi connectivity index (χ0v) is 16.7. The molecule has 1 aromatic carbocycles. The zero-order chi connectivity index (χ0) is 21.1. The van der Waals surface area contributed by atoms with Crippen molar-refractivity contribution in [3.8, 4) is 16.9 Å². The summed E-state index contributed by atoms with van der Waals surface area (Å²) >= 11 is 0. The molecule has 1 N–H and O–H groups in total. The molecule has 3 heterocycles. The van der Waals surface area contributed by atoms with Crippen molar-refractivity contribution in [2.75, 3.05) is 7.05 Å². The summed E-state index contributed by atoms with van der Waals surface area (Å²) in [5, 5.41) is 7.30. The van der Waals surface area contributed by atoms with Gasteiger partial charge in [-0.3, -0.25) is 24.2 Å². The lowest BCUT2D eigenvalue weighted by molar-refractivity contribution is 0.0780. The highest BCUT2D eigenvalue weighted by Crippen LogP contribution is 2.18. The first kappa shape index (κ1) is 19.3. The molecule has 0 spiro atoms. The third-order valence-electron chi connectivity index (χ3n) is 4.89. The molecule has 0 bridgehead atoms. The van der Waals surface area contributed by atoms with Crippen LogP contribution in [0.2, 0.25) is 0 Å². The summed E-state index contributed by atoms with van der Waals surface area (Å²) in [6.07, 6.45) is 4.88. The Morgan fingerprint density at radius 1 is 1.13 bits per heavy atom. The predicted octanol–water partition coefficient (Wildman–Crippen LogP) is 3.20. The number of pyridine rings is 2. The maximum absolute atomic E-state index is 13.1. The lowest BCUT2D eigenvalue weighted by atomic mass is 10.1. The van der Waals surface area contributed by atoms with Crippen LogP contribution >= 0.6 is 0 Å². The number of nitrogens with one attached hydrogen (secondary N) is 1. The number of carbonyl (C=O) groups is 1. The molecular formula is C23H21N5O2. The Labute approximate surface area is 173 Å². The second kappa shape index (κ2) is 8.16. The smallest absolute Gasteiger partial charge is 0.268 e. The molecule has 0 unspecified atom stereocenters. The fourth-order valence-electron chi connectivity index (χ4n) is 3.30. The van der Waals surface area contributed by atoms with Crippen LogP contribution in [-0.4, -0.2) is 37.6 Å². The van der Waals surface area contributed by atoms with E-state index in [4.69, 9.17) is 0 Å². The molecule has 4 aromatic rings. The van der Waals surface area contributed by atoms with Crippen molar-refractivity contribution in [1.82, 2.24) is 24.6 Å². The number of benzene rings is 1. The second-order valence-electron chi connectivity index (χ2n) is 7.07. The number of H-pyrrole nitrogens is 1. The fourth-order valence-corrected chi connectivity index (χ4v) is 3.30. The Morgan fingerprint density at radius 2 is 1.93 bits per heavy atom. The summed E-state index contributed by atoms with van der Waals surface area (Å²) in [7, 11) is 1.67. The molecule has 3 aromatic heterocycles. The molecule has 0 fully saturated rings. The second-order valence-corrected chi connectivity index (χ2v) is 7.07. The zero-order valence-electron chi connectivity index (χ0n) is 16.7. The summed E-state index contributed by atoms with van der Waals surface area (Å²) in [5.74, 6) is -0.341. The van der Waals surface area contributed by atoms with Gasteiger partial charge in [-0.15, -0.1) is 0 Å². The first-order valence-corrected chi connectivity index (χ1v) is 9.52. The number of rotatable bonds is 5. The maximum atomic E-state index is 13.1. The summed E-state index contributed by atoms with van der Waals surface area (Å²) in [4.78, 5) is 31.7. The van der Waals surface area contributed by atoms with Crippen LogP contribution in [0, 0.1) is 6.92 Å². The molecule has 0 aliphatic rings. The predicted molar refractivity (Wildman–Crippen MR) is 114 cm³/mol. The van der Waals surface area contributed by atoms with Crippen LogP contribution < -0.4 is 5.56 Å². The third kappa shape index (κ3) is 3.77. The highest BCUT2D eigenvalue weighted by molar-refractivity contribution is 5.95. The summed E-state index contributed by atoms with van der Waals surface area (Å²) in [5.41, 5.74) is 3.60. The Kier molecular flexibility index (Phi) is 5.26. The van der Waals surface area contributed by atoms with E-state index >= 15 is 0 Å². The van der Waals surface area contributed by atoms with Crippen LogP contribution in [0.5, 0.6) is 0 Å². The topological polar surface area (TPSA) is 83.9 Å². The molecule has 4 rings (SSSR count). The van der Waals surface area contributed by atoms with E-state index in [9.17, 15) is 9.59 Å². The molecule has 0 aliphatic carbocycles. The van der Waals surface area contributed by atoms with Gasteiger partial charge >= 0.3 is 0 Å². The van der Waals surface area contributed by atoms with Crippen LogP contribution in [-0.2, 0) is 6.54 Å². The molecule has 0 saturated carbocycles. The van der Waals surface area contributed by atoms with Gasteiger partial charge in [0.25, 0.3) is 11.5 Å². The van der Waals surface area contributed by atoms with Crippen molar-refractivity contribution < 1.29 is 4.79 Å². The van der Waals surface area contributed by atoms with E-state index in [2.05, 4.69) is 15.2 Å². The molecule has 0 radical (unpaired) electrons. The highest BCUT2D eigenvalue weighted by atomic mass is 16.2. The van der Waals surface area contributed by atoms with Crippen LogP contribution in [0.3, 0.4) is 0 Å². The van der Waals surface area contributed by atoms with Gasteiger partial charge < -0.3 is 4.90 Å². The summed E-state index contributed by atoms with van der Waals surface area (Å²) in [6.45, 7) is 2.07. The van der Waals surface area contributed by atoms with Crippen molar-refractivity contribution >= 4 is 5.91 Å². The van der Waals surface area contributed by atoms with E-state index in [0.29, 0.717) is 17.8 Å². The molecule has 0 aliphatic heterocycles. The third-order valence-corrected chi connectivity index (χ3v) is 4.89. The van der Waals surface area contributed by atoms with Gasteiger partial charge in [-0.25, -0.2) is 0 Å². The minimum absolute atomic E-state index is 0.145. The van der Waals surface area contributed by atoms with E-state index < -0.39 is 0 Å². The number of aromatic nitrogens is 4. The number of aromatic amines is 1. The normalized spacial score (nSPS) is 10.7. The minimum Gasteiger partial charge on any atom is -0.336 e. The van der Waals surface area contributed by atoms with Crippen molar-refractivity contribution in [3.05, 3.63) is 100 Å². The van der Waals surface area contributed by atoms with Crippen molar-refractivity contribution in [2.45, 2.75) is 13.5 Å². The number of hydrogen-bond donors (Lipinski definition) is 1. The number of aryl methyl sites for hydroxylation is 1. The quantitative estimate of drug-likeness (QED) is 0.559. The number of nitrogens with zero attached hydrogens (tertiary/aromatic N) is 4. The monoisotopic (exact) mass is 399 g/mol. The van der Waals surface area contributed by atoms with Crippen LogP contribution in [0.15, 0.2) is 78.0 Å². The van der Waals surface area contributed by atoms with E-state index in [1.165, 1.54) is 9.47 Å². The lowest BCUT2D eigenvalue weighted by Crippen LogP contribution is -2.34. The molecular weight excluding hydrogens is 378 g/mol. The molecule has 30 heavy (non-hydrogen) atoms. The van der Waals surface area contributed by atoms with Gasteiger partial charge in [0.15, 0.2) is 0 Å². The summed E-state index contributed by atoms with van der Waals surface area (Å²) < 4.78 is 1.44.